The highest BCUT2D eigenvalue weighted by Crippen LogP contribution is 2.19. The molecular formula is C12H17N3O3. The Hall–Kier alpha value is -1.95. The molecule has 0 saturated heterocycles. The molecule has 0 fully saturated rings. The molecule has 1 unspecified atom stereocenters. The smallest absolute Gasteiger partial charge is 0.274 e. The molecule has 1 atom stereocenters. The lowest BCUT2D eigenvalue weighted by Crippen LogP contribution is -2.31. The summed E-state index contributed by atoms with van der Waals surface area (Å²) in [5.41, 5.74) is 6.09. The van der Waals surface area contributed by atoms with Gasteiger partial charge in [0.2, 0.25) is 5.91 Å². The molecule has 1 aromatic rings. The van der Waals surface area contributed by atoms with Gasteiger partial charge in [-0.25, -0.2) is 0 Å². The summed E-state index contributed by atoms with van der Waals surface area (Å²) in [5.74, 6) is -0.122. The normalized spacial score (nSPS) is 11.9. The van der Waals surface area contributed by atoms with Gasteiger partial charge < -0.3 is 10.6 Å². The summed E-state index contributed by atoms with van der Waals surface area (Å²) in [4.78, 5) is 23.6. The second-order valence-electron chi connectivity index (χ2n) is 4.32. The first-order chi connectivity index (χ1) is 8.41. The predicted octanol–water partition coefficient (Wildman–Crippen LogP) is 1.29. The maximum absolute atomic E-state index is 11.7. The molecule has 0 bridgehead atoms. The first kappa shape index (κ1) is 14.1. The fourth-order valence-electron chi connectivity index (χ4n) is 1.60. The van der Waals surface area contributed by atoms with E-state index < -0.39 is 4.92 Å². The van der Waals surface area contributed by atoms with Gasteiger partial charge >= 0.3 is 0 Å². The zero-order valence-corrected chi connectivity index (χ0v) is 10.5. The monoisotopic (exact) mass is 251 g/mol. The van der Waals surface area contributed by atoms with Gasteiger partial charge in [0.1, 0.15) is 0 Å². The summed E-state index contributed by atoms with van der Waals surface area (Å²) in [7, 11) is 1.61. The summed E-state index contributed by atoms with van der Waals surface area (Å²) in [6.45, 7) is 1.96. The van der Waals surface area contributed by atoms with E-state index in [2.05, 4.69) is 0 Å². The minimum Gasteiger partial charge on any atom is -0.341 e. The van der Waals surface area contributed by atoms with Crippen molar-refractivity contribution in [1.82, 2.24) is 4.90 Å². The molecular weight excluding hydrogens is 234 g/mol. The molecule has 6 nitrogen and oxygen atoms in total. The third kappa shape index (κ3) is 3.81. The number of benzene rings is 1. The van der Waals surface area contributed by atoms with Crippen LogP contribution in [0.2, 0.25) is 0 Å². The number of rotatable bonds is 5. The van der Waals surface area contributed by atoms with Crippen LogP contribution in [0.3, 0.4) is 0 Å². The average Bonchev–Trinajstić information content (AvgIpc) is 2.28. The second kappa shape index (κ2) is 6.11. The minimum atomic E-state index is -0.445. The summed E-state index contributed by atoms with van der Waals surface area (Å²) < 4.78 is 0. The van der Waals surface area contributed by atoms with E-state index in [0.29, 0.717) is 5.56 Å². The molecule has 1 amide bonds. The van der Waals surface area contributed by atoms with E-state index >= 15 is 0 Å². The van der Waals surface area contributed by atoms with Crippen LogP contribution in [0.1, 0.15) is 18.9 Å². The number of nitrogens with zero attached hydrogens (tertiary/aromatic N) is 2. The summed E-state index contributed by atoms with van der Waals surface area (Å²) >= 11 is 0. The number of nitro groups is 1. The molecule has 98 valence electrons. The molecule has 0 saturated carbocycles. The topological polar surface area (TPSA) is 89.5 Å². The fraction of sp³-hybridized carbons (Fsp3) is 0.417. The Bertz CT molecular complexity index is 446. The quantitative estimate of drug-likeness (QED) is 0.630. The maximum Gasteiger partial charge on any atom is 0.274 e. The molecule has 6 heteroatoms. The molecule has 0 heterocycles. The van der Waals surface area contributed by atoms with E-state index in [1.54, 1.807) is 32.2 Å². The van der Waals surface area contributed by atoms with Crippen molar-refractivity contribution in [2.75, 3.05) is 7.05 Å². The number of para-hydroxylation sites is 1. The molecule has 0 spiro atoms. The van der Waals surface area contributed by atoms with Crippen LogP contribution in [-0.2, 0) is 11.3 Å². The predicted molar refractivity (Wildman–Crippen MR) is 67.8 cm³/mol. The van der Waals surface area contributed by atoms with Gasteiger partial charge in [0.15, 0.2) is 0 Å². The molecule has 0 radical (unpaired) electrons. The van der Waals surface area contributed by atoms with Crippen LogP contribution < -0.4 is 5.73 Å². The Morgan fingerprint density at radius 2 is 2.11 bits per heavy atom. The average molecular weight is 251 g/mol. The van der Waals surface area contributed by atoms with Crippen LogP contribution in [0.4, 0.5) is 5.69 Å². The highest BCUT2D eigenvalue weighted by molar-refractivity contribution is 5.76. The van der Waals surface area contributed by atoms with Crippen LogP contribution in [-0.4, -0.2) is 28.8 Å². The zero-order chi connectivity index (χ0) is 13.7. The Morgan fingerprint density at radius 3 is 2.67 bits per heavy atom. The lowest BCUT2D eigenvalue weighted by Gasteiger charge is -2.18. The van der Waals surface area contributed by atoms with Gasteiger partial charge in [-0.2, -0.15) is 0 Å². The largest absolute Gasteiger partial charge is 0.341 e. The lowest BCUT2D eigenvalue weighted by atomic mass is 10.1. The van der Waals surface area contributed by atoms with Crippen molar-refractivity contribution in [2.24, 2.45) is 5.73 Å². The fourth-order valence-corrected chi connectivity index (χ4v) is 1.60. The molecule has 0 aliphatic heterocycles. The van der Waals surface area contributed by atoms with E-state index in [1.165, 1.54) is 11.0 Å². The number of nitro benzene ring substituents is 1. The highest BCUT2D eigenvalue weighted by atomic mass is 16.6. The van der Waals surface area contributed by atoms with Crippen LogP contribution in [0.15, 0.2) is 24.3 Å². The third-order valence-electron chi connectivity index (χ3n) is 2.52. The first-order valence-electron chi connectivity index (χ1n) is 5.63. The summed E-state index contributed by atoms with van der Waals surface area (Å²) in [5, 5.41) is 10.8. The number of carbonyl (C=O) groups excluding carboxylic acids is 1. The summed E-state index contributed by atoms with van der Waals surface area (Å²) in [6.07, 6.45) is 0.233. The van der Waals surface area contributed by atoms with E-state index in [-0.39, 0.29) is 30.6 Å². The Kier molecular flexibility index (Phi) is 4.79. The van der Waals surface area contributed by atoms with Crippen molar-refractivity contribution >= 4 is 11.6 Å². The van der Waals surface area contributed by atoms with Crippen LogP contribution in [0.5, 0.6) is 0 Å². The number of carbonyl (C=O) groups is 1. The number of nitrogens with two attached hydrogens (primary N) is 1. The van der Waals surface area contributed by atoms with Crippen LogP contribution >= 0.6 is 0 Å². The molecule has 2 N–H and O–H groups in total. The van der Waals surface area contributed by atoms with Crippen molar-refractivity contribution in [3.8, 4) is 0 Å². The summed E-state index contributed by atoms with van der Waals surface area (Å²) in [6, 6.07) is 6.18. The van der Waals surface area contributed by atoms with E-state index in [0.717, 1.165) is 0 Å². The van der Waals surface area contributed by atoms with Crippen molar-refractivity contribution in [1.29, 1.82) is 0 Å². The second-order valence-corrected chi connectivity index (χ2v) is 4.32. The Labute approximate surface area is 106 Å². The molecule has 1 aromatic carbocycles. The van der Waals surface area contributed by atoms with Gasteiger partial charge in [-0.05, 0) is 6.92 Å². The first-order valence-corrected chi connectivity index (χ1v) is 5.63. The van der Waals surface area contributed by atoms with E-state index in [9.17, 15) is 14.9 Å². The van der Waals surface area contributed by atoms with Gasteiger partial charge in [0.05, 0.1) is 11.5 Å². The van der Waals surface area contributed by atoms with E-state index in [1.807, 2.05) is 0 Å². The van der Waals surface area contributed by atoms with Gasteiger partial charge in [0.25, 0.3) is 5.69 Å². The zero-order valence-electron chi connectivity index (χ0n) is 10.5. The van der Waals surface area contributed by atoms with Crippen molar-refractivity contribution in [3.63, 3.8) is 0 Å². The lowest BCUT2D eigenvalue weighted by molar-refractivity contribution is -0.385. The standard InChI is InChI=1S/C12H17N3O3/c1-9(13)7-12(16)14(2)8-10-5-3-4-6-11(10)15(17)18/h3-6,9H,7-8,13H2,1-2H3. The van der Waals surface area contributed by atoms with Gasteiger partial charge in [-0.15, -0.1) is 0 Å². The van der Waals surface area contributed by atoms with Crippen LogP contribution in [0.25, 0.3) is 0 Å². The Balaban J connectivity index is 2.78. The molecule has 0 aliphatic rings. The SMILES string of the molecule is CC(N)CC(=O)N(C)Cc1ccccc1[N+](=O)[O-]. The molecule has 18 heavy (non-hydrogen) atoms. The van der Waals surface area contributed by atoms with Gasteiger partial charge in [-0.3, -0.25) is 14.9 Å². The maximum atomic E-state index is 11.7. The van der Waals surface area contributed by atoms with Crippen molar-refractivity contribution in [3.05, 3.63) is 39.9 Å². The molecule has 1 rings (SSSR count). The van der Waals surface area contributed by atoms with Gasteiger partial charge in [-0.1, -0.05) is 18.2 Å². The molecule has 0 aromatic heterocycles. The van der Waals surface area contributed by atoms with Crippen LogP contribution in [0, 0.1) is 10.1 Å². The van der Waals surface area contributed by atoms with Crippen molar-refractivity contribution < 1.29 is 9.72 Å². The molecule has 0 aliphatic carbocycles. The highest BCUT2D eigenvalue weighted by Gasteiger charge is 2.17. The number of hydrogen-bond donors (Lipinski definition) is 1. The Morgan fingerprint density at radius 1 is 1.50 bits per heavy atom. The number of amides is 1. The van der Waals surface area contributed by atoms with Gasteiger partial charge in [0, 0.05) is 31.1 Å². The third-order valence-corrected chi connectivity index (χ3v) is 2.52. The number of hydrogen-bond acceptors (Lipinski definition) is 4. The minimum absolute atomic E-state index is 0.0259. The van der Waals surface area contributed by atoms with E-state index in [4.69, 9.17) is 5.73 Å². The van der Waals surface area contributed by atoms with Crippen molar-refractivity contribution in [2.45, 2.75) is 25.9 Å².